The second-order valence-corrected chi connectivity index (χ2v) is 6.44. The maximum absolute atomic E-state index is 11.9. The van der Waals surface area contributed by atoms with Gasteiger partial charge < -0.3 is 20.5 Å². The van der Waals surface area contributed by atoms with E-state index in [2.05, 4.69) is 10.2 Å². The van der Waals surface area contributed by atoms with E-state index in [4.69, 9.17) is 15.2 Å². The van der Waals surface area contributed by atoms with Gasteiger partial charge in [0.05, 0.1) is 19.3 Å². The van der Waals surface area contributed by atoms with E-state index in [9.17, 15) is 4.79 Å². The van der Waals surface area contributed by atoms with Crippen molar-refractivity contribution in [1.82, 2.24) is 10.2 Å². The van der Waals surface area contributed by atoms with Crippen molar-refractivity contribution in [3.63, 3.8) is 0 Å². The number of carbonyl (C=O) groups is 1. The lowest BCUT2D eigenvalue weighted by atomic mass is 10.0. The first kappa shape index (κ1) is 18.7. The number of morpholine rings is 1. The topological polar surface area (TPSA) is 76.8 Å². The van der Waals surface area contributed by atoms with Crippen LogP contribution in [0.1, 0.15) is 19.4 Å². The zero-order valence-electron chi connectivity index (χ0n) is 14.7. The van der Waals surface area contributed by atoms with Gasteiger partial charge in [-0.2, -0.15) is 0 Å². The minimum Gasteiger partial charge on any atom is -0.492 e. The van der Waals surface area contributed by atoms with E-state index in [-0.39, 0.29) is 11.8 Å². The number of rotatable bonds is 8. The number of ether oxygens (including phenoxy) is 2. The molecule has 1 atom stereocenters. The molecule has 1 aromatic carbocycles. The average molecular weight is 335 g/mol. The Labute approximate surface area is 144 Å². The predicted octanol–water partition coefficient (Wildman–Crippen LogP) is 0.997. The Morgan fingerprint density at radius 3 is 2.83 bits per heavy atom. The lowest BCUT2D eigenvalue weighted by molar-refractivity contribution is -0.123. The van der Waals surface area contributed by atoms with E-state index in [0.29, 0.717) is 13.2 Å². The SMILES string of the molecule is CC(C)[C@H](N)C(=O)NCc1cccc(OCCN2CCOCC2)c1. The Bertz CT molecular complexity index is 516. The molecule has 6 nitrogen and oxygen atoms in total. The third-order valence-electron chi connectivity index (χ3n) is 4.17. The Hall–Kier alpha value is -1.63. The largest absolute Gasteiger partial charge is 0.492 e. The molecule has 24 heavy (non-hydrogen) atoms. The van der Waals surface area contributed by atoms with Crippen LogP contribution >= 0.6 is 0 Å². The van der Waals surface area contributed by atoms with Crippen molar-refractivity contribution in [3.8, 4) is 5.75 Å². The molecule has 1 heterocycles. The second kappa shape index (κ2) is 9.61. The van der Waals surface area contributed by atoms with Crippen LogP contribution in [0.2, 0.25) is 0 Å². The van der Waals surface area contributed by atoms with Crippen LogP contribution in [0.3, 0.4) is 0 Å². The highest BCUT2D eigenvalue weighted by Gasteiger charge is 2.16. The van der Waals surface area contributed by atoms with Crippen LogP contribution in [0.4, 0.5) is 0 Å². The van der Waals surface area contributed by atoms with Gasteiger partial charge >= 0.3 is 0 Å². The Morgan fingerprint density at radius 2 is 2.12 bits per heavy atom. The van der Waals surface area contributed by atoms with Gasteiger partial charge in [-0.15, -0.1) is 0 Å². The highest BCUT2D eigenvalue weighted by molar-refractivity contribution is 5.81. The number of hydrogen-bond acceptors (Lipinski definition) is 5. The predicted molar refractivity (Wildman–Crippen MR) is 93.9 cm³/mol. The van der Waals surface area contributed by atoms with Crippen molar-refractivity contribution < 1.29 is 14.3 Å². The second-order valence-electron chi connectivity index (χ2n) is 6.44. The maximum atomic E-state index is 11.9. The number of carbonyl (C=O) groups excluding carboxylic acids is 1. The summed E-state index contributed by atoms with van der Waals surface area (Å²) in [5.41, 5.74) is 6.84. The monoisotopic (exact) mass is 335 g/mol. The normalized spacial score (nSPS) is 16.8. The summed E-state index contributed by atoms with van der Waals surface area (Å²) in [6.07, 6.45) is 0. The van der Waals surface area contributed by atoms with Crippen LogP contribution in [0.5, 0.6) is 5.75 Å². The number of benzene rings is 1. The molecule has 0 spiro atoms. The van der Waals surface area contributed by atoms with Gasteiger partial charge in [0.1, 0.15) is 12.4 Å². The third kappa shape index (κ3) is 6.11. The van der Waals surface area contributed by atoms with Crippen LogP contribution in [-0.2, 0) is 16.1 Å². The lowest BCUT2D eigenvalue weighted by Gasteiger charge is -2.26. The molecule has 2 rings (SSSR count). The van der Waals surface area contributed by atoms with E-state index < -0.39 is 6.04 Å². The minimum absolute atomic E-state index is 0.122. The first-order valence-corrected chi connectivity index (χ1v) is 8.61. The van der Waals surface area contributed by atoms with E-state index in [1.807, 2.05) is 38.1 Å². The molecule has 1 fully saturated rings. The van der Waals surface area contributed by atoms with Crippen molar-refractivity contribution >= 4 is 5.91 Å². The van der Waals surface area contributed by atoms with E-state index in [1.165, 1.54) is 0 Å². The summed E-state index contributed by atoms with van der Waals surface area (Å²) in [5, 5.41) is 2.87. The van der Waals surface area contributed by atoms with Crippen LogP contribution < -0.4 is 15.8 Å². The molecule has 1 aliphatic rings. The van der Waals surface area contributed by atoms with Crippen molar-refractivity contribution in [2.45, 2.75) is 26.4 Å². The molecule has 1 amide bonds. The van der Waals surface area contributed by atoms with Crippen LogP contribution in [-0.4, -0.2) is 56.3 Å². The molecule has 0 aliphatic carbocycles. The molecule has 134 valence electrons. The van der Waals surface area contributed by atoms with Gasteiger partial charge in [0, 0.05) is 26.2 Å². The summed E-state index contributed by atoms with van der Waals surface area (Å²) in [7, 11) is 0. The number of nitrogens with two attached hydrogens (primary N) is 1. The number of amides is 1. The quantitative estimate of drug-likeness (QED) is 0.741. The fraction of sp³-hybridized carbons (Fsp3) is 0.611. The summed E-state index contributed by atoms with van der Waals surface area (Å²) >= 11 is 0. The maximum Gasteiger partial charge on any atom is 0.237 e. The van der Waals surface area contributed by atoms with Crippen molar-refractivity contribution in [1.29, 1.82) is 0 Å². The molecule has 0 radical (unpaired) electrons. The summed E-state index contributed by atoms with van der Waals surface area (Å²) in [5.74, 6) is 0.826. The van der Waals surface area contributed by atoms with Gasteiger partial charge in [0.15, 0.2) is 0 Å². The number of hydrogen-bond donors (Lipinski definition) is 2. The average Bonchev–Trinajstić information content (AvgIpc) is 2.60. The van der Waals surface area contributed by atoms with Crippen LogP contribution in [0, 0.1) is 5.92 Å². The van der Waals surface area contributed by atoms with Gasteiger partial charge in [-0.25, -0.2) is 0 Å². The van der Waals surface area contributed by atoms with E-state index in [0.717, 1.165) is 44.2 Å². The Balaban J connectivity index is 1.75. The summed E-state index contributed by atoms with van der Waals surface area (Å²) in [4.78, 5) is 14.2. The van der Waals surface area contributed by atoms with Gasteiger partial charge in [0.25, 0.3) is 0 Å². The fourth-order valence-corrected chi connectivity index (χ4v) is 2.47. The molecule has 1 aliphatic heterocycles. The Kier molecular flexibility index (Phi) is 7.49. The molecule has 1 saturated heterocycles. The van der Waals surface area contributed by atoms with Crippen molar-refractivity contribution in [3.05, 3.63) is 29.8 Å². The summed E-state index contributed by atoms with van der Waals surface area (Å²) in [6.45, 7) is 9.40. The molecule has 1 aromatic rings. The Morgan fingerprint density at radius 1 is 1.38 bits per heavy atom. The van der Waals surface area contributed by atoms with Gasteiger partial charge in [-0.1, -0.05) is 26.0 Å². The lowest BCUT2D eigenvalue weighted by Crippen LogP contribution is -2.43. The third-order valence-corrected chi connectivity index (χ3v) is 4.17. The fourth-order valence-electron chi connectivity index (χ4n) is 2.47. The summed E-state index contributed by atoms with van der Waals surface area (Å²) in [6, 6.07) is 7.33. The number of nitrogens with one attached hydrogen (secondary N) is 1. The molecule has 6 heteroatoms. The molecular formula is C18H29N3O3. The molecular weight excluding hydrogens is 306 g/mol. The zero-order chi connectivity index (χ0) is 17.4. The van der Waals surface area contributed by atoms with Crippen molar-refractivity contribution in [2.75, 3.05) is 39.5 Å². The molecule has 0 aromatic heterocycles. The highest BCUT2D eigenvalue weighted by Crippen LogP contribution is 2.13. The highest BCUT2D eigenvalue weighted by atomic mass is 16.5. The summed E-state index contributed by atoms with van der Waals surface area (Å²) < 4.78 is 11.2. The smallest absolute Gasteiger partial charge is 0.237 e. The first-order valence-electron chi connectivity index (χ1n) is 8.61. The van der Waals surface area contributed by atoms with Gasteiger partial charge in [-0.05, 0) is 23.6 Å². The molecule has 0 saturated carbocycles. The van der Waals surface area contributed by atoms with Gasteiger partial charge in [0.2, 0.25) is 5.91 Å². The molecule has 0 bridgehead atoms. The zero-order valence-corrected chi connectivity index (χ0v) is 14.7. The minimum atomic E-state index is -0.474. The molecule has 0 unspecified atom stereocenters. The molecule has 3 N–H and O–H groups in total. The first-order chi connectivity index (χ1) is 11.6. The van der Waals surface area contributed by atoms with Crippen LogP contribution in [0.15, 0.2) is 24.3 Å². The van der Waals surface area contributed by atoms with Crippen LogP contribution in [0.25, 0.3) is 0 Å². The van der Waals surface area contributed by atoms with E-state index in [1.54, 1.807) is 0 Å². The van der Waals surface area contributed by atoms with Crippen molar-refractivity contribution in [2.24, 2.45) is 11.7 Å². The van der Waals surface area contributed by atoms with E-state index >= 15 is 0 Å². The number of nitrogens with zero attached hydrogens (tertiary/aromatic N) is 1. The van der Waals surface area contributed by atoms with Gasteiger partial charge in [-0.3, -0.25) is 9.69 Å². The standard InChI is InChI=1S/C18H29N3O3/c1-14(2)17(19)18(22)20-13-15-4-3-5-16(12-15)24-11-8-21-6-9-23-10-7-21/h3-5,12,14,17H,6-11,13,19H2,1-2H3,(H,20,22)/t17-/m0/s1.